The van der Waals surface area contributed by atoms with E-state index in [0.29, 0.717) is 24.2 Å². The van der Waals surface area contributed by atoms with Crippen LogP contribution < -0.4 is 14.8 Å². The number of Topliss-reactive ketones (excluding diaryl/α,β-unsaturated/α-hetero) is 1. The van der Waals surface area contributed by atoms with Crippen LogP contribution in [0.3, 0.4) is 0 Å². The number of carbonyl (C=O) groups excluding carboxylic acids is 2. The van der Waals surface area contributed by atoms with E-state index in [4.69, 9.17) is 14.7 Å². The van der Waals surface area contributed by atoms with Crippen molar-refractivity contribution in [2.45, 2.75) is 44.6 Å². The van der Waals surface area contributed by atoms with Crippen LogP contribution in [0.2, 0.25) is 0 Å². The lowest BCUT2D eigenvalue weighted by atomic mass is 10.1. The molecular formula is C22H25F3N4O4. The Bertz CT molecular complexity index is 1090. The van der Waals surface area contributed by atoms with Crippen molar-refractivity contribution in [1.82, 2.24) is 14.8 Å². The van der Waals surface area contributed by atoms with Gasteiger partial charge in [-0.2, -0.15) is 18.4 Å². The number of alkyl halides is 3. The Morgan fingerprint density at radius 2 is 1.94 bits per heavy atom. The fourth-order valence-electron chi connectivity index (χ4n) is 4.02. The second kappa shape index (κ2) is 9.70. The molecule has 0 unspecified atom stereocenters. The summed E-state index contributed by atoms with van der Waals surface area (Å²) in [7, 11) is 2.76. The van der Waals surface area contributed by atoms with Gasteiger partial charge in [0.25, 0.3) is 5.78 Å². The van der Waals surface area contributed by atoms with E-state index in [1.54, 1.807) is 6.92 Å². The monoisotopic (exact) mass is 466 g/mol. The lowest BCUT2D eigenvalue weighted by Crippen LogP contribution is -2.43. The molecule has 1 saturated heterocycles. The minimum absolute atomic E-state index is 0.00989. The molecule has 0 radical (unpaired) electrons. The van der Waals surface area contributed by atoms with Gasteiger partial charge >= 0.3 is 6.18 Å². The Kier molecular flexibility index (Phi) is 7.17. The Hall–Kier alpha value is -3.26. The third kappa shape index (κ3) is 5.06. The Morgan fingerprint density at radius 3 is 2.55 bits per heavy atom. The number of hydrogen-bond donors (Lipinski definition) is 1. The van der Waals surface area contributed by atoms with Gasteiger partial charge in [-0.3, -0.25) is 9.59 Å². The number of likely N-dealkylation sites (tertiary alicyclic amines) is 1. The number of methoxy groups -OCH3 is 2. The fourth-order valence-corrected chi connectivity index (χ4v) is 4.02. The summed E-state index contributed by atoms with van der Waals surface area (Å²) in [6.45, 7) is 2.48. The average Bonchev–Trinajstić information content (AvgIpc) is 3.39. The minimum Gasteiger partial charge on any atom is -0.493 e. The van der Waals surface area contributed by atoms with Crippen LogP contribution in [0.5, 0.6) is 11.5 Å². The molecular weight excluding hydrogens is 441 g/mol. The number of halogens is 3. The standard InChI is InChI=1S/C22H25F3N4O4/c1-13(27-10-20(30)29-6-4-5-14(29)9-26)11-28-12-16(21(31)22(23,24)25)15-7-18(32-2)19(33-3)8-17(15)28/h7-8,12-14,27H,4-6,10-11H2,1-3H3/t13-,14-/m0/s1. The summed E-state index contributed by atoms with van der Waals surface area (Å²) >= 11 is 0. The molecule has 11 heteroatoms. The molecule has 1 amide bonds. The highest BCUT2D eigenvalue weighted by Gasteiger charge is 2.41. The highest BCUT2D eigenvalue weighted by atomic mass is 19.4. The number of nitrogens with zero attached hydrogens (tertiary/aromatic N) is 3. The highest BCUT2D eigenvalue weighted by molar-refractivity contribution is 6.11. The van der Waals surface area contributed by atoms with Gasteiger partial charge in [-0.25, -0.2) is 0 Å². The van der Waals surface area contributed by atoms with E-state index in [1.165, 1.54) is 35.8 Å². The number of ether oxygens (including phenoxy) is 2. The minimum atomic E-state index is -5.03. The van der Waals surface area contributed by atoms with Gasteiger partial charge in [0.1, 0.15) is 6.04 Å². The van der Waals surface area contributed by atoms with E-state index < -0.39 is 23.6 Å². The van der Waals surface area contributed by atoms with Crippen LogP contribution >= 0.6 is 0 Å². The summed E-state index contributed by atoms with van der Waals surface area (Å²) in [5.41, 5.74) is -0.125. The van der Waals surface area contributed by atoms with Gasteiger partial charge < -0.3 is 24.3 Å². The molecule has 8 nitrogen and oxygen atoms in total. The first kappa shape index (κ1) is 24.4. The van der Waals surface area contributed by atoms with Crippen molar-refractivity contribution >= 4 is 22.6 Å². The van der Waals surface area contributed by atoms with E-state index in [1.807, 2.05) is 0 Å². The molecule has 0 bridgehead atoms. The van der Waals surface area contributed by atoms with Gasteiger partial charge in [0.15, 0.2) is 11.5 Å². The van der Waals surface area contributed by atoms with Crippen LogP contribution in [0, 0.1) is 11.3 Å². The molecule has 1 aromatic carbocycles. The molecule has 33 heavy (non-hydrogen) atoms. The molecule has 0 aliphatic carbocycles. The largest absolute Gasteiger partial charge is 0.493 e. The number of amides is 1. The molecule has 178 valence electrons. The lowest BCUT2D eigenvalue weighted by molar-refractivity contribution is -0.130. The molecule has 2 heterocycles. The number of fused-ring (bicyclic) bond motifs is 1. The summed E-state index contributed by atoms with van der Waals surface area (Å²) in [4.78, 5) is 26.0. The zero-order valence-corrected chi connectivity index (χ0v) is 18.5. The van der Waals surface area contributed by atoms with Gasteiger partial charge in [0, 0.05) is 36.8 Å². The molecule has 0 spiro atoms. The van der Waals surface area contributed by atoms with Crippen LogP contribution in [-0.2, 0) is 11.3 Å². The molecule has 1 aliphatic heterocycles. The average molecular weight is 466 g/mol. The summed E-state index contributed by atoms with van der Waals surface area (Å²) in [5.74, 6) is -1.65. The smallest absolute Gasteiger partial charge is 0.454 e. The van der Waals surface area contributed by atoms with Gasteiger partial charge in [-0.15, -0.1) is 0 Å². The maximum absolute atomic E-state index is 13.2. The van der Waals surface area contributed by atoms with Crippen molar-refractivity contribution in [2.75, 3.05) is 27.3 Å². The number of nitriles is 1. The molecule has 3 rings (SSSR count). The maximum atomic E-state index is 13.2. The zero-order chi connectivity index (χ0) is 24.3. The fraction of sp³-hybridized carbons (Fsp3) is 0.500. The van der Waals surface area contributed by atoms with E-state index in [0.717, 1.165) is 12.6 Å². The first-order chi connectivity index (χ1) is 15.6. The summed E-state index contributed by atoms with van der Waals surface area (Å²) in [6.07, 6.45) is -2.45. The van der Waals surface area contributed by atoms with E-state index in [9.17, 15) is 22.8 Å². The Morgan fingerprint density at radius 1 is 1.27 bits per heavy atom. The quantitative estimate of drug-likeness (QED) is 0.601. The van der Waals surface area contributed by atoms with E-state index in [-0.39, 0.29) is 36.2 Å². The number of hydrogen-bond acceptors (Lipinski definition) is 6. The zero-order valence-electron chi connectivity index (χ0n) is 18.5. The topological polar surface area (TPSA) is 96.6 Å². The van der Waals surface area contributed by atoms with E-state index >= 15 is 0 Å². The lowest BCUT2D eigenvalue weighted by Gasteiger charge is -2.22. The number of aromatic nitrogens is 1. The molecule has 1 N–H and O–H groups in total. The number of nitrogens with one attached hydrogen (secondary N) is 1. The molecule has 1 aromatic heterocycles. The predicted octanol–water partition coefficient (Wildman–Crippen LogP) is 2.90. The van der Waals surface area contributed by atoms with Crippen LogP contribution in [0.4, 0.5) is 13.2 Å². The predicted molar refractivity (Wildman–Crippen MR) is 113 cm³/mol. The summed E-state index contributed by atoms with van der Waals surface area (Å²) in [6, 6.07) is 4.22. The first-order valence-corrected chi connectivity index (χ1v) is 10.4. The third-order valence-corrected chi connectivity index (χ3v) is 5.68. The number of rotatable bonds is 8. The SMILES string of the molecule is COc1cc2c(C(=O)C(F)(F)F)cn(C[C@H](C)NCC(=O)N3CCC[C@H]3C#N)c2cc1OC. The van der Waals surface area contributed by atoms with Crippen molar-refractivity contribution in [1.29, 1.82) is 5.26 Å². The van der Waals surface area contributed by atoms with Crippen molar-refractivity contribution in [3.8, 4) is 17.6 Å². The number of benzene rings is 1. The van der Waals surface area contributed by atoms with Crippen LogP contribution in [0.25, 0.3) is 10.9 Å². The highest BCUT2D eigenvalue weighted by Crippen LogP contribution is 2.36. The second-order valence-corrected chi connectivity index (χ2v) is 7.90. The van der Waals surface area contributed by atoms with E-state index in [2.05, 4.69) is 11.4 Å². The molecule has 0 saturated carbocycles. The van der Waals surface area contributed by atoms with Gasteiger partial charge in [-0.05, 0) is 25.8 Å². The summed E-state index contributed by atoms with van der Waals surface area (Å²) in [5, 5.41) is 12.3. The van der Waals surface area contributed by atoms with Crippen molar-refractivity contribution in [2.24, 2.45) is 0 Å². The van der Waals surface area contributed by atoms with Crippen molar-refractivity contribution < 1.29 is 32.2 Å². The Balaban J connectivity index is 1.85. The molecule has 2 aromatic rings. The Labute approximate surface area is 188 Å². The van der Waals surface area contributed by atoms with Gasteiger partial charge in [0.05, 0.1) is 37.9 Å². The number of carbonyl (C=O) groups is 2. The molecule has 2 atom stereocenters. The summed E-state index contributed by atoms with van der Waals surface area (Å²) < 4.78 is 51.5. The molecule has 1 fully saturated rings. The van der Waals surface area contributed by atoms with Crippen LogP contribution in [0.1, 0.15) is 30.1 Å². The van der Waals surface area contributed by atoms with Crippen LogP contribution in [0.15, 0.2) is 18.3 Å². The van der Waals surface area contributed by atoms with Crippen molar-refractivity contribution in [3.63, 3.8) is 0 Å². The third-order valence-electron chi connectivity index (χ3n) is 5.68. The van der Waals surface area contributed by atoms with Crippen LogP contribution in [-0.4, -0.2) is 66.7 Å². The van der Waals surface area contributed by atoms with Gasteiger partial charge in [0.2, 0.25) is 5.91 Å². The second-order valence-electron chi connectivity index (χ2n) is 7.90. The number of ketones is 1. The normalized spacial score (nSPS) is 17.1. The maximum Gasteiger partial charge on any atom is 0.454 e. The van der Waals surface area contributed by atoms with Crippen molar-refractivity contribution in [3.05, 3.63) is 23.9 Å². The first-order valence-electron chi connectivity index (χ1n) is 10.4. The molecule has 1 aliphatic rings. The van der Waals surface area contributed by atoms with Gasteiger partial charge in [-0.1, -0.05) is 0 Å².